The minimum Gasteiger partial charge on any atom is -0.387 e. The molecule has 2 aliphatic rings. The zero-order chi connectivity index (χ0) is 14.1. The minimum absolute atomic E-state index is 0.272. The van der Waals surface area contributed by atoms with Crippen molar-refractivity contribution < 1.29 is 29.2 Å². The molecule has 110 valence electrons. The topological polar surface area (TPSA) is 77.4 Å². The van der Waals surface area contributed by atoms with Crippen LogP contribution < -0.4 is 0 Å². The van der Waals surface area contributed by atoms with Gasteiger partial charge in [-0.2, -0.15) is 0 Å². The number of ether oxygens (including phenoxy) is 4. The van der Waals surface area contributed by atoms with Crippen LogP contribution >= 0.6 is 0 Å². The number of hydrogen-bond donors (Lipinski definition) is 2. The van der Waals surface area contributed by atoms with Crippen molar-refractivity contribution in [2.75, 3.05) is 13.7 Å². The smallest absolute Gasteiger partial charge is 0.186 e. The van der Waals surface area contributed by atoms with Crippen LogP contribution in [0.1, 0.15) is 11.9 Å². The molecule has 20 heavy (non-hydrogen) atoms. The number of hydrogen-bond acceptors (Lipinski definition) is 6. The van der Waals surface area contributed by atoms with E-state index in [0.29, 0.717) is 0 Å². The Morgan fingerprint density at radius 3 is 2.55 bits per heavy atom. The molecule has 2 aliphatic heterocycles. The van der Waals surface area contributed by atoms with Crippen LogP contribution in [0.5, 0.6) is 0 Å². The van der Waals surface area contributed by atoms with Gasteiger partial charge < -0.3 is 29.2 Å². The molecule has 6 atom stereocenters. The van der Waals surface area contributed by atoms with E-state index in [4.69, 9.17) is 18.9 Å². The summed E-state index contributed by atoms with van der Waals surface area (Å²) in [5.41, 5.74) is 0.863. The Kier molecular flexibility index (Phi) is 4.02. The van der Waals surface area contributed by atoms with Crippen molar-refractivity contribution in [3.05, 3.63) is 35.9 Å². The van der Waals surface area contributed by atoms with E-state index in [2.05, 4.69) is 0 Å². The van der Waals surface area contributed by atoms with E-state index < -0.39 is 37.0 Å². The average Bonchev–Trinajstić information content (AvgIpc) is 2.51. The summed E-state index contributed by atoms with van der Waals surface area (Å²) >= 11 is 0. The van der Waals surface area contributed by atoms with Crippen LogP contribution in [0, 0.1) is 0 Å². The first-order valence-electron chi connectivity index (χ1n) is 6.57. The maximum Gasteiger partial charge on any atom is 0.186 e. The summed E-state index contributed by atoms with van der Waals surface area (Å²) in [5, 5.41) is 20.1. The van der Waals surface area contributed by atoms with Crippen molar-refractivity contribution in [2.45, 2.75) is 37.0 Å². The van der Waals surface area contributed by atoms with Crippen molar-refractivity contribution >= 4 is 0 Å². The van der Waals surface area contributed by atoms with Crippen LogP contribution in [0.25, 0.3) is 0 Å². The highest BCUT2D eigenvalue weighted by atomic mass is 16.7. The molecule has 1 aromatic carbocycles. The Morgan fingerprint density at radius 1 is 1.10 bits per heavy atom. The summed E-state index contributed by atoms with van der Waals surface area (Å²) < 4.78 is 21.9. The van der Waals surface area contributed by atoms with E-state index in [1.807, 2.05) is 30.3 Å². The highest BCUT2D eigenvalue weighted by molar-refractivity contribution is 5.16. The second-order valence-electron chi connectivity index (χ2n) is 4.94. The molecule has 2 fully saturated rings. The van der Waals surface area contributed by atoms with Gasteiger partial charge in [0.1, 0.15) is 24.4 Å². The molecular weight excluding hydrogens is 264 g/mol. The molecule has 3 rings (SSSR count). The van der Waals surface area contributed by atoms with Gasteiger partial charge in [0.2, 0.25) is 0 Å². The van der Waals surface area contributed by atoms with Crippen molar-refractivity contribution in [2.24, 2.45) is 0 Å². The number of aliphatic hydroxyl groups is 2. The van der Waals surface area contributed by atoms with Gasteiger partial charge >= 0.3 is 0 Å². The second kappa shape index (κ2) is 5.77. The van der Waals surface area contributed by atoms with E-state index in [0.717, 1.165) is 5.56 Å². The van der Waals surface area contributed by atoms with Gasteiger partial charge in [-0.3, -0.25) is 0 Å². The molecule has 0 aromatic heterocycles. The number of aliphatic hydroxyl groups excluding tert-OH is 2. The lowest BCUT2D eigenvalue weighted by Gasteiger charge is -2.45. The van der Waals surface area contributed by atoms with Crippen LogP contribution in [-0.4, -0.2) is 54.6 Å². The summed E-state index contributed by atoms with van der Waals surface area (Å²) in [7, 11) is 1.41. The maximum atomic E-state index is 10.1. The fourth-order valence-corrected chi connectivity index (χ4v) is 2.55. The van der Waals surface area contributed by atoms with Crippen LogP contribution in [0.2, 0.25) is 0 Å². The fraction of sp³-hybridized carbons (Fsp3) is 0.571. The molecule has 2 N–H and O–H groups in total. The largest absolute Gasteiger partial charge is 0.387 e. The van der Waals surface area contributed by atoms with Crippen LogP contribution in [-0.2, 0) is 18.9 Å². The molecule has 0 spiro atoms. The maximum absolute atomic E-state index is 10.1. The third kappa shape index (κ3) is 2.46. The molecule has 6 nitrogen and oxygen atoms in total. The number of rotatable bonds is 2. The lowest BCUT2D eigenvalue weighted by Crippen LogP contribution is -2.62. The van der Waals surface area contributed by atoms with Crippen LogP contribution in [0.15, 0.2) is 30.3 Å². The molecule has 2 saturated heterocycles. The van der Waals surface area contributed by atoms with E-state index in [1.54, 1.807) is 0 Å². The van der Waals surface area contributed by atoms with Gasteiger partial charge in [0.15, 0.2) is 12.6 Å². The Hall–Kier alpha value is -1.02. The summed E-state index contributed by atoms with van der Waals surface area (Å²) in [4.78, 5) is 0. The van der Waals surface area contributed by atoms with Gasteiger partial charge in [0, 0.05) is 12.7 Å². The van der Waals surface area contributed by atoms with Gasteiger partial charge in [0.25, 0.3) is 0 Å². The lowest BCUT2D eigenvalue weighted by molar-refractivity contribution is -0.358. The highest BCUT2D eigenvalue weighted by Crippen LogP contribution is 2.33. The van der Waals surface area contributed by atoms with Gasteiger partial charge in [0.05, 0.1) is 6.61 Å². The van der Waals surface area contributed by atoms with Gasteiger partial charge in [-0.25, -0.2) is 0 Å². The zero-order valence-corrected chi connectivity index (χ0v) is 11.1. The molecular formula is C14H18O6. The number of benzene rings is 1. The van der Waals surface area contributed by atoms with Crippen LogP contribution in [0.4, 0.5) is 0 Å². The Bertz CT molecular complexity index is 437. The molecule has 0 saturated carbocycles. The zero-order valence-electron chi connectivity index (χ0n) is 11.1. The first-order chi connectivity index (χ1) is 9.70. The summed E-state index contributed by atoms with van der Waals surface area (Å²) in [6.07, 6.45) is -4.76. The molecule has 0 bridgehead atoms. The van der Waals surface area contributed by atoms with Crippen LogP contribution in [0.3, 0.4) is 0 Å². The quantitative estimate of drug-likeness (QED) is 0.806. The average molecular weight is 282 g/mol. The predicted molar refractivity (Wildman–Crippen MR) is 67.7 cm³/mol. The third-order valence-corrected chi connectivity index (χ3v) is 3.64. The summed E-state index contributed by atoms with van der Waals surface area (Å²) in [5.74, 6) is 0. The SMILES string of the molecule is CO[C@H]1O[C@H]2CO[C@H](c3ccccc3)O[C@@H]2[C@@H](O)[C@H]1O. The van der Waals surface area contributed by atoms with Crippen molar-refractivity contribution in [3.8, 4) is 0 Å². The summed E-state index contributed by atoms with van der Waals surface area (Å²) in [6.45, 7) is 0.272. The van der Waals surface area contributed by atoms with Crippen molar-refractivity contribution in [1.29, 1.82) is 0 Å². The standard InChI is InChI=1S/C14H18O6/c1-17-14-11(16)10(15)12-9(19-14)7-18-13(20-12)8-5-3-2-4-6-8/h2-6,9-16H,7H2,1H3/t9-,10-,11+,12-,13-,14-/m0/s1. The summed E-state index contributed by atoms with van der Waals surface area (Å²) in [6, 6.07) is 9.45. The highest BCUT2D eigenvalue weighted by Gasteiger charge is 2.48. The first kappa shape index (κ1) is 13.9. The van der Waals surface area contributed by atoms with Gasteiger partial charge in [-0.15, -0.1) is 0 Å². The predicted octanol–water partition coefficient (Wildman–Crippen LogP) is 0.194. The molecule has 1 aromatic rings. The molecule has 0 amide bonds. The van der Waals surface area contributed by atoms with Gasteiger partial charge in [-0.05, 0) is 0 Å². The lowest BCUT2D eigenvalue weighted by atomic mass is 9.98. The van der Waals surface area contributed by atoms with E-state index >= 15 is 0 Å². The second-order valence-corrected chi connectivity index (χ2v) is 4.94. The molecule has 0 unspecified atom stereocenters. The molecule has 2 heterocycles. The molecule has 0 radical (unpaired) electrons. The number of methoxy groups -OCH3 is 1. The Morgan fingerprint density at radius 2 is 1.85 bits per heavy atom. The fourth-order valence-electron chi connectivity index (χ4n) is 2.55. The van der Waals surface area contributed by atoms with Gasteiger partial charge in [-0.1, -0.05) is 30.3 Å². The van der Waals surface area contributed by atoms with Crippen molar-refractivity contribution in [1.82, 2.24) is 0 Å². The van der Waals surface area contributed by atoms with E-state index in [9.17, 15) is 10.2 Å². The number of fused-ring (bicyclic) bond motifs is 1. The Balaban J connectivity index is 1.74. The molecule has 6 heteroatoms. The van der Waals surface area contributed by atoms with E-state index in [1.165, 1.54) is 7.11 Å². The van der Waals surface area contributed by atoms with Crippen molar-refractivity contribution in [3.63, 3.8) is 0 Å². The minimum atomic E-state index is -1.14. The third-order valence-electron chi connectivity index (χ3n) is 3.64. The molecule has 0 aliphatic carbocycles. The van der Waals surface area contributed by atoms with E-state index in [-0.39, 0.29) is 6.61 Å². The Labute approximate surface area is 116 Å². The monoisotopic (exact) mass is 282 g/mol. The normalized spacial score (nSPS) is 41.1. The first-order valence-corrected chi connectivity index (χ1v) is 6.57.